The van der Waals surface area contributed by atoms with E-state index in [4.69, 9.17) is 5.11 Å². The predicted octanol–water partition coefficient (Wildman–Crippen LogP) is -0.0142. The summed E-state index contributed by atoms with van der Waals surface area (Å²) in [6, 6.07) is 0. The molecule has 0 aromatic rings. The number of carbonyl (C=O) groups excluding carboxylic acids is 1. The van der Waals surface area contributed by atoms with Crippen molar-refractivity contribution in [3.63, 3.8) is 0 Å². The van der Waals surface area contributed by atoms with Gasteiger partial charge in [0.25, 0.3) is 7.28 Å². The first-order chi connectivity index (χ1) is 3.27. The molecular formula is C3H4BO3. The lowest BCUT2D eigenvalue weighted by molar-refractivity contribution is -0.106. The first-order valence-corrected chi connectivity index (χ1v) is 1.77. The molecule has 0 amide bonds. The number of hydrogen-bond donors (Lipinski definition) is 1. The first-order valence-electron chi connectivity index (χ1n) is 1.77. The van der Waals surface area contributed by atoms with Crippen molar-refractivity contribution in [1.82, 2.24) is 0 Å². The van der Waals surface area contributed by atoms with E-state index in [1.807, 2.05) is 0 Å². The Morgan fingerprint density at radius 1 is 1.86 bits per heavy atom. The van der Waals surface area contributed by atoms with Crippen LogP contribution in [0.3, 0.4) is 0 Å². The van der Waals surface area contributed by atoms with E-state index in [0.717, 1.165) is 7.28 Å². The lowest BCUT2D eigenvalue weighted by atomic mass is 9.76. The minimum Gasteiger partial charge on any atom is -0.490 e. The monoisotopic (exact) mass is 99.0 g/mol. The fraction of sp³-hybridized carbons (Fsp3) is 0.333. The van der Waals surface area contributed by atoms with Crippen LogP contribution in [-0.2, 0) is 4.79 Å². The second kappa shape index (κ2) is 3.40. The van der Waals surface area contributed by atoms with E-state index in [1.165, 1.54) is 0 Å². The SMILES string of the molecule is O=CC[B]C(=O)O. The number of rotatable bonds is 3. The molecule has 0 aliphatic rings. The Bertz CT molecular complexity index is 80.2. The van der Waals surface area contributed by atoms with E-state index in [1.54, 1.807) is 0 Å². The average molecular weight is 98.9 g/mol. The van der Waals surface area contributed by atoms with Crippen molar-refractivity contribution < 1.29 is 14.7 Å². The largest absolute Gasteiger partial charge is 0.490 e. The minimum atomic E-state index is -1.05. The van der Waals surface area contributed by atoms with Crippen molar-refractivity contribution in [2.24, 2.45) is 0 Å². The number of aldehydes is 1. The molecule has 0 aliphatic carbocycles. The summed E-state index contributed by atoms with van der Waals surface area (Å²) in [5, 5.41) is 7.83. The maximum absolute atomic E-state index is 9.54. The number of hydrogen-bond acceptors (Lipinski definition) is 2. The topological polar surface area (TPSA) is 54.4 Å². The van der Waals surface area contributed by atoms with Crippen LogP contribution < -0.4 is 0 Å². The van der Waals surface area contributed by atoms with Crippen molar-refractivity contribution in [2.75, 3.05) is 0 Å². The molecule has 0 atom stereocenters. The summed E-state index contributed by atoms with van der Waals surface area (Å²) in [6.07, 6.45) is 0.531. The molecule has 0 rings (SSSR count). The second-order valence-corrected chi connectivity index (χ2v) is 0.945. The van der Waals surface area contributed by atoms with E-state index >= 15 is 0 Å². The molecule has 0 unspecified atom stereocenters. The molecule has 1 N–H and O–H groups in total. The Morgan fingerprint density at radius 2 is 2.43 bits per heavy atom. The minimum absolute atomic E-state index is 0.00463. The van der Waals surface area contributed by atoms with Crippen molar-refractivity contribution in [3.8, 4) is 0 Å². The molecule has 0 saturated heterocycles. The summed E-state index contributed by atoms with van der Waals surface area (Å²) in [4.78, 5) is 19.0. The maximum Gasteiger partial charge on any atom is 0.268 e. The summed E-state index contributed by atoms with van der Waals surface area (Å²) in [6.45, 7) is 0. The maximum atomic E-state index is 9.54. The molecule has 0 heterocycles. The van der Waals surface area contributed by atoms with E-state index in [9.17, 15) is 9.59 Å². The normalized spacial score (nSPS) is 7.43. The fourth-order valence-corrected chi connectivity index (χ4v) is 0.149. The van der Waals surface area contributed by atoms with Crippen molar-refractivity contribution in [3.05, 3.63) is 0 Å². The van der Waals surface area contributed by atoms with Gasteiger partial charge in [-0.05, 0) is 6.32 Å². The summed E-state index contributed by atoms with van der Waals surface area (Å²) < 4.78 is 0. The lowest BCUT2D eigenvalue weighted by Gasteiger charge is -1.76. The lowest BCUT2D eigenvalue weighted by Crippen LogP contribution is -2.03. The Morgan fingerprint density at radius 3 is 2.57 bits per heavy atom. The molecule has 0 fully saturated rings. The zero-order chi connectivity index (χ0) is 5.70. The molecule has 0 saturated carbocycles. The molecule has 3 nitrogen and oxygen atoms in total. The molecule has 0 aromatic carbocycles. The van der Waals surface area contributed by atoms with Crippen molar-refractivity contribution in [2.45, 2.75) is 6.32 Å². The van der Waals surface area contributed by atoms with Gasteiger partial charge in [0.1, 0.15) is 6.29 Å². The van der Waals surface area contributed by atoms with Gasteiger partial charge in [0.2, 0.25) is 5.87 Å². The van der Waals surface area contributed by atoms with Crippen LogP contribution >= 0.6 is 0 Å². The molecule has 0 spiro atoms. The summed E-state index contributed by atoms with van der Waals surface area (Å²) >= 11 is 0. The summed E-state index contributed by atoms with van der Waals surface area (Å²) in [5.74, 6) is -1.05. The third kappa shape index (κ3) is 5.20. The van der Waals surface area contributed by atoms with Crippen LogP contribution in [0.2, 0.25) is 6.32 Å². The van der Waals surface area contributed by atoms with Crippen LogP contribution in [0, 0.1) is 0 Å². The molecule has 7 heavy (non-hydrogen) atoms. The highest BCUT2D eigenvalue weighted by molar-refractivity contribution is 6.73. The van der Waals surface area contributed by atoms with Gasteiger partial charge in [-0.25, -0.2) is 0 Å². The van der Waals surface area contributed by atoms with Gasteiger partial charge in [-0.15, -0.1) is 0 Å². The smallest absolute Gasteiger partial charge is 0.268 e. The van der Waals surface area contributed by atoms with Gasteiger partial charge in [-0.3, -0.25) is 4.79 Å². The zero-order valence-corrected chi connectivity index (χ0v) is 3.63. The van der Waals surface area contributed by atoms with E-state index in [-0.39, 0.29) is 6.32 Å². The molecule has 1 radical (unpaired) electrons. The fourth-order valence-electron chi connectivity index (χ4n) is 0.149. The third-order valence-electron chi connectivity index (χ3n) is 0.389. The van der Waals surface area contributed by atoms with Crippen LogP contribution in [0.4, 0.5) is 4.79 Å². The van der Waals surface area contributed by atoms with Gasteiger partial charge in [0, 0.05) is 0 Å². The molecule has 4 heteroatoms. The molecule has 37 valence electrons. The van der Waals surface area contributed by atoms with Crippen LogP contribution in [0.1, 0.15) is 0 Å². The quantitative estimate of drug-likeness (QED) is 0.399. The van der Waals surface area contributed by atoms with Gasteiger partial charge in [0.15, 0.2) is 0 Å². The van der Waals surface area contributed by atoms with Gasteiger partial charge in [0.05, 0.1) is 0 Å². The molecule has 0 aromatic heterocycles. The Hall–Kier alpha value is -0.795. The first kappa shape index (κ1) is 6.20. The van der Waals surface area contributed by atoms with Crippen LogP contribution in [-0.4, -0.2) is 24.5 Å². The third-order valence-corrected chi connectivity index (χ3v) is 0.389. The summed E-state index contributed by atoms with van der Waals surface area (Å²) in [5.41, 5.74) is 0. The van der Waals surface area contributed by atoms with E-state index < -0.39 is 5.87 Å². The van der Waals surface area contributed by atoms with Crippen molar-refractivity contribution >= 4 is 19.4 Å². The van der Waals surface area contributed by atoms with Gasteiger partial charge in [-0.1, -0.05) is 0 Å². The molecular weight excluding hydrogens is 94.8 g/mol. The zero-order valence-electron chi connectivity index (χ0n) is 3.63. The van der Waals surface area contributed by atoms with E-state index in [2.05, 4.69) is 0 Å². The Labute approximate surface area is 41.6 Å². The molecule has 0 aliphatic heterocycles. The number of carbonyl (C=O) groups is 2. The van der Waals surface area contributed by atoms with Crippen molar-refractivity contribution in [1.29, 1.82) is 0 Å². The highest BCUT2D eigenvalue weighted by atomic mass is 16.4. The summed E-state index contributed by atoms with van der Waals surface area (Å²) in [7, 11) is 0.896. The van der Waals surface area contributed by atoms with Crippen LogP contribution in [0.5, 0.6) is 0 Å². The standard InChI is InChI=1S/C3H4BO3/c5-2-1-4-3(6)7/h2H,1H2,(H,6,7). The number of carboxylic acid groups (broad SMARTS) is 1. The predicted molar refractivity (Wildman–Crippen MR) is 24.6 cm³/mol. The second-order valence-electron chi connectivity index (χ2n) is 0.945. The highest BCUT2D eigenvalue weighted by Gasteiger charge is 1.95. The van der Waals surface area contributed by atoms with E-state index in [0.29, 0.717) is 6.29 Å². The van der Waals surface area contributed by atoms with Crippen LogP contribution in [0.15, 0.2) is 0 Å². The molecule has 0 bridgehead atoms. The van der Waals surface area contributed by atoms with Gasteiger partial charge >= 0.3 is 0 Å². The Balaban J connectivity index is 2.97. The highest BCUT2D eigenvalue weighted by Crippen LogP contribution is 1.70. The Kier molecular flexibility index (Phi) is 3.01. The van der Waals surface area contributed by atoms with Gasteiger partial charge in [-0.2, -0.15) is 0 Å². The average Bonchev–Trinajstić information content (AvgIpc) is 1.61. The van der Waals surface area contributed by atoms with Gasteiger partial charge < -0.3 is 9.90 Å². The van der Waals surface area contributed by atoms with Crippen LogP contribution in [0.25, 0.3) is 0 Å².